The topological polar surface area (TPSA) is 67.6 Å². The maximum absolute atomic E-state index is 10.9. The number of anilines is 1. The van der Waals surface area contributed by atoms with E-state index in [4.69, 9.17) is 4.74 Å². The van der Waals surface area contributed by atoms with E-state index < -0.39 is 4.92 Å². The van der Waals surface area contributed by atoms with E-state index in [9.17, 15) is 10.1 Å². The van der Waals surface area contributed by atoms with E-state index in [-0.39, 0.29) is 5.69 Å². The molecule has 0 heterocycles. The monoisotopic (exact) mass is 293 g/mol. The summed E-state index contributed by atoms with van der Waals surface area (Å²) in [6, 6.07) is 6.05. The molecule has 0 aliphatic heterocycles. The molecule has 1 N–H and O–H groups in total. The number of likely N-dealkylation sites (N-methyl/N-ethyl adjacent to an activating group) is 1. The SMILES string of the molecule is CCOc1cc(NCC(C)N(C)C2CC2)ccc1[N+](=O)[O-]. The first-order valence-electron chi connectivity index (χ1n) is 7.40. The van der Waals surface area contributed by atoms with Gasteiger partial charge in [-0.2, -0.15) is 0 Å². The molecule has 0 bridgehead atoms. The molecular weight excluding hydrogens is 270 g/mol. The van der Waals surface area contributed by atoms with E-state index in [1.165, 1.54) is 18.9 Å². The smallest absolute Gasteiger partial charge is 0.311 e. The Morgan fingerprint density at radius 2 is 2.24 bits per heavy atom. The molecule has 1 aliphatic rings. The van der Waals surface area contributed by atoms with Crippen LogP contribution in [0.1, 0.15) is 26.7 Å². The molecule has 1 aromatic rings. The Hall–Kier alpha value is -1.82. The molecule has 1 atom stereocenters. The van der Waals surface area contributed by atoms with Crippen LogP contribution in [0, 0.1) is 10.1 Å². The summed E-state index contributed by atoms with van der Waals surface area (Å²) >= 11 is 0. The Balaban J connectivity index is 1.99. The first-order valence-corrected chi connectivity index (χ1v) is 7.40. The standard InChI is InChI=1S/C15H23N3O3/c1-4-21-15-9-12(5-8-14(15)18(19)20)16-10-11(2)17(3)13-6-7-13/h5,8-9,11,13,16H,4,6-7,10H2,1-3H3. The predicted octanol–water partition coefficient (Wildman–Crippen LogP) is 2.89. The van der Waals surface area contributed by atoms with Gasteiger partial charge in [0, 0.05) is 36.4 Å². The highest BCUT2D eigenvalue weighted by Crippen LogP contribution is 2.30. The fraction of sp³-hybridized carbons (Fsp3) is 0.600. The summed E-state index contributed by atoms with van der Waals surface area (Å²) < 4.78 is 5.35. The molecule has 2 rings (SSSR count). The van der Waals surface area contributed by atoms with Crippen molar-refractivity contribution < 1.29 is 9.66 Å². The van der Waals surface area contributed by atoms with Gasteiger partial charge >= 0.3 is 5.69 Å². The number of benzene rings is 1. The lowest BCUT2D eigenvalue weighted by molar-refractivity contribution is -0.385. The minimum absolute atomic E-state index is 0.00514. The molecule has 21 heavy (non-hydrogen) atoms. The summed E-state index contributed by atoms with van der Waals surface area (Å²) in [5, 5.41) is 14.3. The van der Waals surface area contributed by atoms with E-state index >= 15 is 0 Å². The van der Waals surface area contributed by atoms with Crippen molar-refractivity contribution in [2.24, 2.45) is 0 Å². The molecule has 0 spiro atoms. The molecule has 116 valence electrons. The molecule has 1 unspecified atom stereocenters. The second-order valence-electron chi connectivity index (χ2n) is 5.50. The lowest BCUT2D eigenvalue weighted by Crippen LogP contribution is -2.36. The molecule has 6 heteroatoms. The number of nitro benzene ring substituents is 1. The van der Waals surface area contributed by atoms with E-state index in [1.54, 1.807) is 12.1 Å². The Morgan fingerprint density at radius 3 is 2.81 bits per heavy atom. The van der Waals surface area contributed by atoms with Gasteiger partial charge in [-0.15, -0.1) is 0 Å². The average Bonchev–Trinajstić information content (AvgIpc) is 3.28. The van der Waals surface area contributed by atoms with Crippen molar-refractivity contribution in [1.82, 2.24) is 4.90 Å². The lowest BCUT2D eigenvalue weighted by atomic mass is 10.2. The van der Waals surface area contributed by atoms with Crippen LogP contribution >= 0.6 is 0 Å². The predicted molar refractivity (Wildman–Crippen MR) is 83.0 cm³/mol. The molecule has 0 amide bonds. The first-order chi connectivity index (χ1) is 10.0. The van der Waals surface area contributed by atoms with Crippen molar-refractivity contribution >= 4 is 11.4 Å². The first kappa shape index (κ1) is 15.6. The van der Waals surface area contributed by atoms with E-state index in [0.29, 0.717) is 18.4 Å². The number of nitrogens with one attached hydrogen (secondary N) is 1. The van der Waals surface area contributed by atoms with Gasteiger partial charge in [0.25, 0.3) is 0 Å². The third-order valence-electron chi connectivity index (χ3n) is 3.88. The quantitative estimate of drug-likeness (QED) is 0.589. The summed E-state index contributed by atoms with van der Waals surface area (Å²) in [5.41, 5.74) is 0.852. The van der Waals surface area contributed by atoms with E-state index in [1.807, 2.05) is 6.92 Å². The van der Waals surface area contributed by atoms with Crippen molar-refractivity contribution in [2.45, 2.75) is 38.8 Å². The van der Waals surface area contributed by atoms with Crippen molar-refractivity contribution in [3.05, 3.63) is 28.3 Å². The highest BCUT2D eigenvalue weighted by atomic mass is 16.6. The van der Waals surface area contributed by atoms with Crippen LogP contribution in [0.25, 0.3) is 0 Å². The highest BCUT2D eigenvalue weighted by Gasteiger charge is 2.28. The molecular formula is C15H23N3O3. The zero-order valence-corrected chi connectivity index (χ0v) is 12.8. The molecule has 1 fully saturated rings. The molecule has 0 radical (unpaired) electrons. The van der Waals surface area contributed by atoms with Gasteiger partial charge < -0.3 is 10.1 Å². The Bertz CT molecular complexity index is 503. The minimum Gasteiger partial charge on any atom is -0.487 e. The number of nitrogens with zero attached hydrogens (tertiary/aromatic N) is 2. The molecule has 1 aromatic carbocycles. The Morgan fingerprint density at radius 1 is 1.52 bits per heavy atom. The van der Waals surface area contributed by atoms with Crippen LogP contribution in [0.2, 0.25) is 0 Å². The molecule has 1 aliphatic carbocycles. The van der Waals surface area contributed by atoms with Gasteiger partial charge in [-0.1, -0.05) is 0 Å². The van der Waals surface area contributed by atoms with Gasteiger partial charge in [-0.3, -0.25) is 15.0 Å². The van der Waals surface area contributed by atoms with Gasteiger partial charge in [0.2, 0.25) is 0 Å². The fourth-order valence-electron chi connectivity index (χ4n) is 2.30. The molecule has 1 saturated carbocycles. The number of nitro groups is 1. The third kappa shape index (κ3) is 4.07. The zero-order valence-electron chi connectivity index (χ0n) is 12.8. The summed E-state index contributed by atoms with van der Waals surface area (Å²) in [5.74, 6) is 0.315. The lowest BCUT2D eigenvalue weighted by Gasteiger charge is -2.25. The minimum atomic E-state index is -0.418. The van der Waals surface area contributed by atoms with Crippen LogP contribution in [-0.4, -0.2) is 42.1 Å². The van der Waals surface area contributed by atoms with E-state index in [0.717, 1.165) is 18.3 Å². The van der Waals surface area contributed by atoms with Gasteiger partial charge in [0.1, 0.15) is 0 Å². The van der Waals surface area contributed by atoms with Crippen LogP contribution in [0.15, 0.2) is 18.2 Å². The van der Waals surface area contributed by atoms with Gasteiger partial charge in [0.05, 0.1) is 11.5 Å². The summed E-state index contributed by atoms with van der Waals surface area (Å²) in [4.78, 5) is 12.9. The Labute approximate surface area is 125 Å². The Kier molecular flexibility index (Phi) is 5.01. The van der Waals surface area contributed by atoms with Crippen LogP contribution in [0.4, 0.5) is 11.4 Å². The zero-order chi connectivity index (χ0) is 15.4. The third-order valence-corrected chi connectivity index (χ3v) is 3.88. The number of rotatable bonds is 8. The van der Waals surface area contributed by atoms with Crippen LogP contribution in [0.5, 0.6) is 5.75 Å². The van der Waals surface area contributed by atoms with Crippen LogP contribution in [0.3, 0.4) is 0 Å². The number of hydrogen-bond acceptors (Lipinski definition) is 5. The van der Waals surface area contributed by atoms with Gasteiger partial charge in [0.15, 0.2) is 5.75 Å². The molecule has 0 saturated heterocycles. The molecule has 6 nitrogen and oxygen atoms in total. The van der Waals surface area contributed by atoms with E-state index in [2.05, 4.69) is 24.2 Å². The van der Waals surface area contributed by atoms with Gasteiger partial charge in [-0.25, -0.2) is 0 Å². The van der Waals surface area contributed by atoms with Crippen molar-refractivity contribution in [3.63, 3.8) is 0 Å². The second kappa shape index (κ2) is 6.76. The number of ether oxygens (including phenoxy) is 1. The maximum Gasteiger partial charge on any atom is 0.311 e. The summed E-state index contributed by atoms with van der Waals surface area (Å²) in [6.07, 6.45) is 2.57. The fourth-order valence-corrected chi connectivity index (χ4v) is 2.30. The summed E-state index contributed by atoms with van der Waals surface area (Å²) in [7, 11) is 2.14. The van der Waals surface area contributed by atoms with Crippen molar-refractivity contribution in [2.75, 3.05) is 25.5 Å². The number of hydrogen-bond donors (Lipinski definition) is 1. The average molecular weight is 293 g/mol. The normalized spacial score (nSPS) is 15.8. The summed E-state index contributed by atoms with van der Waals surface area (Å²) in [6.45, 7) is 5.21. The maximum atomic E-state index is 10.9. The van der Waals surface area contributed by atoms with Crippen molar-refractivity contribution in [1.29, 1.82) is 0 Å². The van der Waals surface area contributed by atoms with Crippen molar-refractivity contribution in [3.8, 4) is 5.75 Å². The van der Waals surface area contributed by atoms with Gasteiger partial charge in [-0.05, 0) is 39.8 Å². The second-order valence-corrected chi connectivity index (χ2v) is 5.50. The highest BCUT2D eigenvalue weighted by molar-refractivity contribution is 5.58. The molecule has 0 aromatic heterocycles. The van der Waals surface area contributed by atoms with Crippen LogP contribution < -0.4 is 10.1 Å². The largest absolute Gasteiger partial charge is 0.487 e. The van der Waals surface area contributed by atoms with Crippen LogP contribution in [-0.2, 0) is 0 Å².